The van der Waals surface area contributed by atoms with Crippen molar-refractivity contribution in [1.82, 2.24) is 4.57 Å². The highest BCUT2D eigenvalue weighted by Gasteiger charge is 2.09. The monoisotopic (exact) mass is 356 g/mol. The van der Waals surface area contributed by atoms with Crippen molar-refractivity contribution in [2.45, 2.75) is 13.5 Å². The zero-order chi connectivity index (χ0) is 17.8. The lowest BCUT2D eigenvalue weighted by atomic mass is 10.1. The van der Waals surface area contributed by atoms with Gasteiger partial charge < -0.3 is 0 Å². The summed E-state index contributed by atoms with van der Waals surface area (Å²) >= 11 is 1.69. The number of thiazole rings is 1. The molecule has 4 rings (SSSR count). The summed E-state index contributed by atoms with van der Waals surface area (Å²) in [4.78, 5) is 5.91. The minimum absolute atomic E-state index is 0.682. The molecule has 0 bridgehead atoms. The molecule has 4 aromatic rings. The van der Waals surface area contributed by atoms with E-state index < -0.39 is 0 Å². The molecule has 0 aliphatic rings. The van der Waals surface area contributed by atoms with E-state index in [0.29, 0.717) is 6.54 Å². The molecule has 0 saturated heterocycles. The molecule has 26 heavy (non-hydrogen) atoms. The summed E-state index contributed by atoms with van der Waals surface area (Å²) in [7, 11) is 0. The molecule has 1 aromatic heterocycles. The molecule has 1 heterocycles. The van der Waals surface area contributed by atoms with Gasteiger partial charge in [0, 0.05) is 11.1 Å². The lowest BCUT2D eigenvalue weighted by Gasteiger charge is -2.09. The molecule has 0 unspecified atom stereocenters. The number of nitrogens with zero attached hydrogens (tertiary/aromatic N) is 2. The standard InChI is InChI=1S/C23H20N2S/c1-18-12-14-20(15-13-18)22-17-26-23(24-16-19-8-4-2-5-9-19)25(22)21-10-6-3-7-11-21/h2-15,17H,16H2,1H3. The summed E-state index contributed by atoms with van der Waals surface area (Å²) in [5, 5.41) is 2.20. The number of hydrogen-bond donors (Lipinski definition) is 0. The van der Waals surface area contributed by atoms with Gasteiger partial charge in [0.1, 0.15) is 0 Å². The lowest BCUT2D eigenvalue weighted by Crippen LogP contribution is -2.14. The van der Waals surface area contributed by atoms with Crippen LogP contribution in [0, 0.1) is 6.92 Å². The fraction of sp³-hybridized carbons (Fsp3) is 0.0870. The Hall–Kier alpha value is -2.91. The predicted molar refractivity (Wildman–Crippen MR) is 110 cm³/mol. The number of aromatic nitrogens is 1. The first-order valence-electron chi connectivity index (χ1n) is 8.69. The van der Waals surface area contributed by atoms with Crippen LogP contribution in [0.25, 0.3) is 16.9 Å². The van der Waals surface area contributed by atoms with Crippen molar-refractivity contribution < 1.29 is 0 Å². The number of benzene rings is 3. The lowest BCUT2D eigenvalue weighted by molar-refractivity contribution is 0.928. The minimum Gasteiger partial charge on any atom is -0.285 e. The van der Waals surface area contributed by atoms with Crippen LogP contribution in [0.3, 0.4) is 0 Å². The summed E-state index contributed by atoms with van der Waals surface area (Å²) in [6, 6.07) is 29.5. The minimum atomic E-state index is 0.682. The Kier molecular flexibility index (Phi) is 4.80. The van der Waals surface area contributed by atoms with E-state index in [1.807, 2.05) is 12.1 Å². The van der Waals surface area contributed by atoms with Gasteiger partial charge >= 0.3 is 0 Å². The van der Waals surface area contributed by atoms with Crippen LogP contribution >= 0.6 is 11.3 Å². The van der Waals surface area contributed by atoms with Crippen molar-refractivity contribution in [3.05, 3.63) is 106 Å². The number of aryl methyl sites for hydroxylation is 1. The SMILES string of the molecule is Cc1ccc(-c2csc(=NCc3ccccc3)n2-c2ccccc2)cc1. The van der Waals surface area contributed by atoms with Crippen molar-refractivity contribution in [1.29, 1.82) is 0 Å². The van der Waals surface area contributed by atoms with E-state index in [2.05, 4.69) is 89.7 Å². The van der Waals surface area contributed by atoms with Crippen molar-refractivity contribution in [2.24, 2.45) is 4.99 Å². The second kappa shape index (κ2) is 7.54. The Morgan fingerprint density at radius 2 is 1.46 bits per heavy atom. The third-order valence-electron chi connectivity index (χ3n) is 4.31. The molecule has 0 N–H and O–H groups in total. The van der Waals surface area contributed by atoms with Gasteiger partial charge in [0.05, 0.1) is 12.2 Å². The largest absolute Gasteiger partial charge is 0.285 e. The van der Waals surface area contributed by atoms with Gasteiger partial charge in [0.25, 0.3) is 0 Å². The van der Waals surface area contributed by atoms with E-state index in [0.717, 1.165) is 10.5 Å². The third-order valence-corrected chi connectivity index (χ3v) is 5.17. The van der Waals surface area contributed by atoms with Crippen molar-refractivity contribution >= 4 is 11.3 Å². The fourth-order valence-electron chi connectivity index (χ4n) is 2.92. The van der Waals surface area contributed by atoms with E-state index in [1.54, 1.807) is 11.3 Å². The van der Waals surface area contributed by atoms with Crippen molar-refractivity contribution in [3.8, 4) is 16.9 Å². The van der Waals surface area contributed by atoms with Crippen molar-refractivity contribution in [2.75, 3.05) is 0 Å². The highest BCUT2D eigenvalue weighted by Crippen LogP contribution is 2.23. The Labute approximate surface area is 157 Å². The maximum atomic E-state index is 4.90. The molecule has 0 atom stereocenters. The van der Waals surface area contributed by atoms with Crippen LogP contribution in [0.4, 0.5) is 0 Å². The summed E-state index contributed by atoms with van der Waals surface area (Å²) in [6.45, 7) is 2.80. The third kappa shape index (κ3) is 3.53. The molecular formula is C23H20N2S. The van der Waals surface area contributed by atoms with E-state index >= 15 is 0 Å². The van der Waals surface area contributed by atoms with Crippen LogP contribution < -0.4 is 4.80 Å². The van der Waals surface area contributed by atoms with Gasteiger partial charge in [-0.1, -0.05) is 78.4 Å². The zero-order valence-electron chi connectivity index (χ0n) is 14.7. The molecule has 0 aliphatic heterocycles. The predicted octanol–water partition coefficient (Wildman–Crippen LogP) is 5.62. The quantitative estimate of drug-likeness (QED) is 0.452. The molecule has 2 nitrogen and oxygen atoms in total. The molecule has 3 heteroatoms. The van der Waals surface area contributed by atoms with Gasteiger partial charge in [0.2, 0.25) is 0 Å². The average Bonchev–Trinajstić information content (AvgIpc) is 3.12. The maximum absolute atomic E-state index is 4.90. The molecule has 0 spiro atoms. The second-order valence-corrected chi connectivity index (χ2v) is 7.08. The van der Waals surface area contributed by atoms with Gasteiger partial charge in [0.15, 0.2) is 4.80 Å². The Balaban J connectivity index is 1.83. The smallest absolute Gasteiger partial charge is 0.190 e. The maximum Gasteiger partial charge on any atom is 0.190 e. The van der Waals surface area contributed by atoms with Gasteiger partial charge in [-0.15, -0.1) is 11.3 Å². The Morgan fingerprint density at radius 1 is 0.808 bits per heavy atom. The second-order valence-electron chi connectivity index (χ2n) is 6.24. The first-order valence-corrected chi connectivity index (χ1v) is 9.57. The molecule has 0 aliphatic carbocycles. The van der Waals surface area contributed by atoms with Crippen LogP contribution in [0.5, 0.6) is 0 Å². The Bertz CT molecular complexity index is 1040. The first kappa shape index (κ1) is 16.6. The molecule has 3 aromatic carbocycles. The molecular weight excluding hydrogens is 336 g/mol. The van der Waals surface area contributed by atoms with Crippen molar-refractivity contribution in [3.63, 3.8) is 0 Å². The van der Waals surface area contributed by atoms with Gasteiger partial charge in [-0.25, -0.2) is 0 Å². The van der Waals surface area contributed by atoms with Crippen LogP contribution in [0.2, 0.25) is 0 Å². The van der Waals surface area contributed by atoms with Gasteiger partial charge in [-0.2, -0.15) is 0 Å². The fourth-order valence-corrected chi connectivity index (χ4v) is 3.82. The van der Waals surface area contributed by atoms with E-state index in [9.17, 15) is 0 Å². The summed E-state index contributed by atoms with van der Waals surface area (Å²) in [6.07, 6.45) is 0. The van der Waals surface area contributed by atoms with Gasteiger partial charge in [-0.3, -0.25) is 9.56 Å². The first-order chi connectivity index (χ1) is 12.8. The van der Waals surface area contributed by atoms with E-state index in [-0.39, 0.29) is 0 Å². The van der Waals surface area contributed by atoms with E-state index in [1.165, 1.54) is 22.4 Å². The normalized spacial score (nSPS) is 11.7. The van der Waals surface area contributed by atoms with Crippen LogP contribution in [-0.2, 0) is 6.54 Å². The molecule has 0 saturated carbocycles. The number of hydrogen-bond acceptors (Lipinski definition) is 2. The van der Waals surface area contributed by atoms with Crippen LogP contribution in [0.1, 0.15) is 11.1 Å². The Morgan fingerprint density at radius 3 is 2.15 bits per heavy atom. The van der Waals surface area contributed by atoms with Crippen LogP contribution in [0.15, 0.2) is 95.3 Å². The zero-order valence-corrected chi connectivity index (χ0v) is 15.5. The van der Waals surface area contributed by atoms with E-state index in [4.69, 9.17) is 4.99 Å². The van der Waals surface area contributed by atoms with Crippen LogP contribution in [-0.4, -0.2) is 4.57 Å². The topological polar surface area (TPSA) is 17.3 Å². The summed E-state index contributed by atoms with van der Waals surface area (Å²) in [5.74, 6) is 0. The average molecular weight is 356 g/mol. The molecule has 0 fully saturated rings. The van der Waals surface area contributed by atoms with Gasteiger partial charge in [-0.05, 0) is 30.2 Å². The molecule has 0 amide bonds. The highest BCUT2D eigenvalue weighted by molar-refractivity contribution is 7.07. The summed E-state index contributed by atoms with van der Waals surface area (Å²) < 4.78 is 2.25. The number of para-hydroxylation sites is 1. The summed E-state index contributed by atoms with van der Waals surface area (Å²) in [5.41, 5.74) is 6.00. The highest BCUT2D eigenvalue weighted by atomic mass is 32.1. The molecule has 0 radical (unpaired) electrons. The number of rotatable bonds is 4. The molecule has 128 valence electrons.